The largest absolute Gasteiger partial charge is 0.338 e. The molecule has 2 aromatic rings. The highest BCUT2D eigenvalue weighted by molar-refractivity contribution is 7.94. The number of carbonyl (C=O) groups excluding carboxylic acids is 1. The van der Waals surface area contributed by atoms with Crippen molar-refractivity contribution in [2.24, 2.45) is 0 Å². The summed E-state index contributed by atoms with van der Waals surface area (Å²) in [7, 11) is -3.57. The summed E-state index contributed by atoms with van der Waals surface area (Å²) in [4.78, 5) is 14.4. The summed E-state index contributed by atoms with van der Waals surface area (Å²) < 4.78 is 28.0. The van der Waals surface area contributed by atoms with Crippen molar-refractivity contribution in [2.45, 2.75) is 37.4 Å². The van der Waals surface area contributed by atoms with Crippen LogP contribution < -0.4 is 4.72 Å². The molecule has 1 aromatic carbocycles. The van der Waals surface area contributed by atoms with Crippen LogP contribution in [0.3, 0.4) is 0 Å². The molecule has 1 amide bonds. The van der Waals surface area contributed by atoms with E-state index < -0.39 is 10.0 Å². The summed E-state index contributed by atoms with van der Waals surface area (Å²) in [6, 6.07) is 9.04. The van der Waals surface area contributed by atoms with Gasteiger partial charge in [-0.05, 0) is 48.2 Å². The van der Waals surface area contributed by atoms with Crippen LogP contribution in [0.15, 0.2) is 34.5 Å². The van der Waals surface area contributed by atoms with Crippen molar-refractivity contribution < 1.29 is 13.2 Å². The minimum Gasteiger partial charge on any atom is -0.338 e. The predicted octanol–water partition coefficient (Wildman–Crippen LogP) is 3.02. The monoisotopic (exact) mass is 364 g/mol. The second-order valence-electron chi connectivity index (χ2n) is 5.85. The molecule has 128 valence electrons. The molecule has 0 radical (unpaired) electrons. The van der Waals surface area contributed by atoms with E-state index in [2.05, 4.69) is 4.72 Å². The molecule has 0 fully saturated rings. The number of nitrogens with one attached hydrogen (secondary N) is 1. The van der Waals surface area contributed by atoms with Crippen molar-refractivity contribution >= 4 is 33.0 Å². The second kappa shape index (κ2) is 6.57. The zero-order chi connectivity index (χ0) is 17.3. The van der Waals surface area contributed by atoms with E-state index in [0.717, 1.165) is 23.3 Å². The molecule has 3 rings (SSSR count). The Morgan fingerprint density at radius 1 is 1.25 bits per heavy atom. The lowest BCUT2D eigenvalue weighted by Crippen LogP contribution is -2.34. The van der Waals surface area contributed by atoms with Gasteiger partial charge < -0.3 is 4.90 Å². The number of thiophene rings is 1. The van der Waals surface area contributed by atoms with E-state index in [1.54, 1.807) is 24.0 Å². The maximum atomic E-state index is 12.5. The van der Waals surface area contributed by atoms with Gasteiger partial charge in [-0.3, -0.25) is 9.52 Å². The second-order valence-corrected chi connectivity index (χ2v) is 8.93. The standard InChI is InChI=1S/C17H20N2O3S2/c1-3-16-6-7-17(23-16)24(21,22)18-15-5-4-13-8-9-19(12(2)20)11-14(13)10-15/h4-7,10,18H,3,8-9,11H2,1-2H3. The Kier molecular flexibility index (Phi) is 4.64. The Bertz CT molecular complexity index is 872. The third kappa shape index (κ3) is 3.47. The number of aryl methyl sites for hydroxylation is 1. The van der Waals surface area contributed by atoms with Crippen LogP contribution in [0.25, 0.3) is 0 Å². The number of rotatable bonds is 4. The first-order valence-corrected chi connectivity index (χ1v) is 10.2. The normalized spacial score (nSPS) is 14.3. The zero-order valence-electron chi connectivity index (χ0n) is 13.7. The van der Waals surface area contributed by atoms with Crippen molar-refractivity contribution in [2.75, 3.05) is 11.3 Å². The zero-order valence-corrected chi connectivity index (χ0v) is 15.3. The van der Waals surface area contributed by atoms with Crippen molar-refractivity contribution in [3.8, 4) is 0 Å². The van der Waals surface area contributed by atoms with Gasteiger partial charge in [0.2, 0.25) is 5.91 Å². The average Bonchev–Trinajstić information content (AvgIpc) is 3.03. The molecule has 0 unspecified atom stereocenters. The number of sulfonamides is 1. The minimum atomic E-state index is -3.57. The number of amides is 1. The van der Waals surface area contributed by atoms with E-state index in [1.807, 2.05) is 25.1 Å². The Labute approximate surface area is 146 Å². The molecule has 0 spiro atoms. The fraction of sp³-hybridized carbons (Fsp3) is 0.353. The molecule has 2 heterocycles. The van der Waals surface area contributed by atoms with Gasteiger partial charge in [-0.15, -0.1) is 11.3 Å². The fourth-order valence-electron chi connectivity index (χ4n) is 2.79. The number of hydrogen-bond donors (Lipinski definition) is 1. The first kappa shape index (κ1) is 17.0. The van der Waals surface area contributed by atoms with E-state index in [4.69, 9.17) is 0 Å². The minimum absolute atomic E-state index is 0.0392. The highest BCUT2D eigenvalue weighted by Crippen LogP contribution is 2.27. The third-order valence-electron chi connectivity index (χ3n) is 4.17. The van der Waals surface area contributed by atoms with Gasteiger partial charge in [0.25, 0.3) is 10.0 Å². The number of benzene rings is 1. The van der Waals surface area contributed by atoms with Crippen LogP contribution in [0.4, 0.5) is 5.69 Å². The Morgan fingerprint density at radius 2 is 2.04 bits per heavy atom. The summed E-state index contributed by atoms with van der Waals surface area (Å²) in [6.07, 6.45) is 1.62. The van der Waals surface area contributed by atoms with E-state index in [-0.39, 0.29) is 5.91 Å². The van der Waals surface area contributed by atoms with E-state index >= 15 is 0 Å². The smallest absolute Gasteiger partial charge is 0.271 e. The first-order valence-electron chi connectivity index (χ1n) is 7.88. The molecule has 1 aliphatic rings. The number of fused-ring (bicyclic) bond motifs is 1. The molecule has 0 saturated heterocycles. The lowest BCUT2D eigenvalue weighted by molar-refractivity contribution is -0.129. The summed E-state index contributed by atoms with van der Waals surface area (Å²) in [5.41, 5.74) is 2.70. The van der Waals surface area contributed by atoms with Crippen molar-refractivity contribution in [3.63, 3.8) is 0 Å². The highest BCUT2D eigenvalue weighted by atomic mass is 32.2. The molecule has 0 aliphatic carbocycles. The SMILES string of the molecule is CCc1ccc(S(=O)(=O)Nc2ccc3c(c2)CN(C(C)=O)CC3)s1. The molecule has 0 bridgehead atoms. The molecule has 7 heteroatoms. The molecule has 5 nitrogen and oxygen atoms in total. The molecule has 24 heavy (non-hydrogen) atoms. The topological polar surface area (TPSA) is 66.5 Å². The van der Waals surface area contributed by atoms with Gasteiger partial charge in [-0.1, -0.05) is 13.0 Å². The van der Waals surface area contributed by atoms with Crippen LogP contribution >= 0.6 is 11.3 Å². The third-order valence-corrected chi connectivity index (χ3v) is 7.27. The van der Waals surface area contributed by atoms with Gasteiger partial charge in [-0.2, -0.15) is 0 Å². The molecule has 1 aromatic heterocycles. The van der Waals surface area contributed by atoms with Gasteiger partial charge in [0.15, 0.2) is 0 Å². The maximum Gasteiger partial charge on any atom is 0.271 e. The average molecular weight is 364 g/mol. The molecule has 1 aliphatic heterocycles. The maximum absolute atomic E-state index is 12.5. The Hall–Kier alpha value is -1.86. The van der Waals surface area contributed by atoms with Gasteiger partial charge in [0.1, 0.15) is 4.21 Å². The lowest BCUT2D eigenvalue weighted by Gasteiger charge is -2.28. The summed E-state index contributed by atoms with van der Waals surface area (Å²) in [5, 5.41) is 0. The van der Waals surface area contributed by atoms with Crippen LogP contribution in [0, 0.1) is 0 Å². The quantitative estimate of drug-likeness (QED) is 0.907. The molecular formula is C17H20N2O3S2. The number of nitrogens with zero attached hydrogens (tertiary/aromatic N) is 1. The van der Waals surface area contributed by atoms with Gasteiger partial charge in [0.05, 0.1) is 0 Å². The fourth-order valence-corrected chi connectivity index (χ4v) is 5.13. The number of hydrogen-bond acceptors (Lipinski definition) is 4. The van der Waals surface area contributed by atoms with Crippen molar-refractivity contribution in [3.05, 3.63) is 46.3 Å². The molecule has 1 N–H and O–H groups in total. The molecule has 0 saturated carbocycles. The van der Waals surface area contributed by atoms with E-state index in [1.165, 1.54) is 16.9 Å². The van der Waals surface area contributed by atoms with Gasteiger partial charge in [0, 0.05) is 30.6 Å². The highest BCUT2D eigenvalue weighted by Gasteiger charge is 2.20. The molecule has 0 atom stereocenters. The van der Waals surface area contributed by atoms with Crippen LogP contribution in [-0.2, 0) is 34.2 Å². The molecular weight excluding hydrogens is 344 g/mol. The Balaban J connectivity index is 1.83. The summed E-state index contributed by atoms with van der Waals surface area (Å²) in [6.45, 7) is 4.79. The summed E-state index contributed by atoms with van der Waals surface area (Å²) in [5.74, 6) is 0.0392. The van der Waals surface area contributed by atoms with E-state index in [9.17, 15) is 13.2 Å². The van der Waals surface area contributed by atoms with E-state index in [0.29, 0.717) is 23.0 Å². The van der Waals surface area contributed by atoms with Crippen molar-refractivity contribution in [1.82, 2.24) is 4.90 Å². The van der Waals surface area contributed by atoms with Crippen LogP contribution in [0.1, 0.15) is 29.9 Å². The first-order chi connectivity index (χ1) is 11.4. The van der Waals surface area contributed by atoms with Crippen LogP contribution in [-0.4, -0.2) is 25.8 Å². The summed E-state index contributed by atoms with van der Waals surface area (Å²) >= 11 is 1.29. The Morgan fingerprint density at radius 3 is 2.71 bits per heavy atom. The number of carbonyl (C=O) groups is 1. The van der Waals surface area contributed by atoms with Gasteiger partial charge in [-0.25, -0.2) is 8.42 Å². The van der Waals surface area contributed by atoms with Crippen molar-refractivity contribution in [1.29, 1.82) is 0 Å². The van der Waals surface area contributed by atoms with Crippen LogP contribution in [0.2, 0.25) is 0 Å². The van der Waals surface area contributed by atoms with Crippen LogP contribution in [0.5, 0.6) is 0 Å². The predicted molar refractivity (Wildman–Crippen MR) is 95.7 cm³/mol. The lowest BCUT2D eigenvalue weighted by atomic mass is 9.99. The van der Waals surface area contributed by atoms with Gasteiger partial charge >= 0.3 is 0 Å². The number of anilines is 1.